The van der Waals surface area contributed by atoms with Crippen LogP contribution in [0.2, 0.25) is 0 Å². The van der Waals surface area contributed by atoms with Crippen LogP contribution in [0.4, 0.5) is 18.9 Å². The third kappa shape index (κ3) is 3.87. The highest BCUT2D eigenvalue weighted by Crippen LogP contribution is 2.22. The van der Waals surface area contributed by atoms with Crippen molar-refractivity contribution in [3.63, 3.8) is 0 Å². The fraction of sp³-hybridized carbons (Fsp3) is 0.222. The highest BCUT2D eigenvalue weighted by atomic mass is 19.4. The van der Waals surface area contributed by atoms with E-state index in [0.717, 1.165) is 0 Å². The van der Waals surface area contributed by atoms with Gasteiger partial charge in [-0.1, -0.05) is 18.2 Å². The molecule has 0 heterocycles. The number of hydroxylamine groups is 1. The monoisotopic (exact) mass is 216 g/mol. The zero-order chi connectivity index (χ0) is 11.3. The number of hydrogen-bond donors (Lipinski definition) is 0. The van der Waals surface area contributed by atoms with Gasteiger partial charge >= 0.3 is 6.36 Å². The minimum Gasteiger partial charge on any atom is -0.231 e. The summed E-state index contributed by atoms with van der Waals surface area (Å²) in [7, 11) is 0. The highest BCUT2D eigenvalue weighted by Gasteiger charge is 2.33. The van der Waals surface area contributed by atoms with Crippen LogP contribution < -0.4 is 5.06 Å². The van der Waals surface area contributed by atoms with E-state index in [0.29, 0.717) is 5.06 Å². The molecule has 1 rings (SSSR count). The topological polar surface area (TPSA) is 36.3 Å². The van der Waals surface area contributed by atoms with Crippen molar-refractivity contribution < 1.29 is 18.0 Å². The summed E-state index contributed by atoms with van der Waals surface area (Å²) < 4.78 is 35.8. The normalized spacial score (nSPS) is 10.8. The molecule has 0 aromatic heterocycles. The number of hydrogen-bond acceptors (Lipinski definition) is 3. The van der Waals surface area contributed by atoms with Crippen LogP contribution in [0.25, 0.3) is 0 Å². The van der Waals surface area contributed by atoms with Crippen LogP contribution in [0.1, 0.15) is 0 Å². The van der Waals surface area contributed by atoms with Crippen molar-refractivity contribution in [2.45, 2.75) is 6.36 Å². The summed E-state index contributed by atoms with van der Waals surface area (Å²) in [5.74, 6) is 0. The summed E-state index contributed by atoms with van der Waals surface area (Å²) in [6.45, 7) is -0.497. The molecule has 6 heteroatoms. The van der Waals surface area contributed by atoms with Gasteiger partial charge in [-0.05, 0) is 12.1 Å². The smallest absolute Gasteiger partial charge is 0.231 e. The van der Waals surface area contributed by atoms with Crippen molar-refractivity contribution in [3.8, 4) is 6.07 Å². The Morgan fingerprint density at radius 1 is 1.27 bits per heavy atom. The number of nitriles is 1. The van der Waals surface area contributed by atoms with Gasteiger partial charge in [-0.3, -0.25) is 0 Å². The number of benzene rings is 1. The van der Waals surface area contributed by atoms with Crippen molar-refractivity contribution in [1.82, 2.24) is 0 Å². The predicted molar refractivity (Wildman–Crippen MR) is 46.5 cm³/mol. The van der Waals surface area contributed by atoms with Gasteiger partial charge in [0.15, 0.2) is 0 Å². The van der Waals surface area contributed by atoms with E-state index in [2.05, 4.69) is 4.84 Å². The van der Waals surface area contributed by atoms with Gasteiger partial charge in [0.2, 0.25) is 0 Å². The highest BCUT2D eigenvalue weighted by molar-refractivity contribution is 5.44. The number of nitrogens with zero attached hydrogens (tertiary/aromatic N) is 2. The molecule has 0 aliphatic rings. The lowest BCUT2D eigenvalue weighted by molar-refractivity contribution is -0.329. The second kappa shape index (κ2) is 4.66. The maximum Gasteiger partial charge on any atom is 0.544 e. The minimum absolute atomic E-state index is 0.177. The number of anilines is 1. The van der Waals surface area contributed by atoms with E-state index < -0.39 is 12.9 Å². The van der Waals surface area contributed by atoms with E-state index in [1.165, 1.54) is 12.1 Å². The van der Waals surface area contributed by atoms with Gasteiger partial charge in [-0.2, -0.15) is 10.1 Å². The quantitative estimate of drug-likeness (QED) is 0.575. The van der Waals surface area contributed by atoms with E-state index >= 15 is 0 Å². The van der Waals surface area contributed by atoms with E-state index in [1.54, 1.807) is 24.3 Å². The lowest BCUT2D eigenvalue weighted by Gasteiger charge is -2.21. The van der Waals surface area contributed by atoms with Gasteiger partial charge < -0.3 is 0 Å². The van der Waals surface area contributed by atoms with Crippen molar-refractivity contribution in [3.05, 3.63) is 30.3 Å². The molecule has 0 fully saturated rings. The zero-order valence-corrected chi connectivity index (χ0v) is 7.53. The van der Waals surface area contributed by atoms with Crippen molar-refractivity contribution in [1.29, 1.82) is 5.26 Å². The molecule has 0 amide bonds. The van der Waals surface area contributed by atoms with Crippen LogP contribution in [0.5, 0.6) is 0 Å². The Balaban J connectivity index is 2.80. The van der Waals surface area contributed by atoms with Crippen LogP contribution in [-0.4, -0.2) is 12.9 Å². The molecule has 15 heavy (non-hydrogen) atoms. The van der Waals surface area contributed by atoms with Crippen LogP contribution >= 0.6 is 0 Å². The lowest BCUT2D eigenvalue weighted by Crippen LogP contribution is -2.31. The lowest BCUT2D eigenvalue weighted by atomic mass is 10.3. The summed E-state index contributed by atoms with van der Waals surface area (Å²) in [4.78, 5) is 3.68. The number of rotatable bonds is 3. The fourth-order valence-corrected chi connectivity index (χ4v) is 0.960. The molecular weight excluding hydrogens is 209 g/mol. The zero-order valence-electron chi connectivity index (χ0n) is 7.53. The average molecular weight is 216 g/mol. The first-order chi connectivity index (χ1) is 7.03. The number of halogens is 3. The Bertz CT molecular complexity index is 345. The van der Waals surface area contributed by atoms with E-state index in [4.69, 9.17) is 5.26 Å². The Labute approximate surface area is 84.2 Å². The summed E-state index contributed by atoms with van der Waals surface area (Å²) in [6.07, 6.45) is -4.80. The van der Waals surface area contributed by atoms with Gasteiger partial charge in [0.25, 0.3) is 0 Å². The SMILES string of the molecule is N#CCN(OC(F)(F)F)c1ccccc1. The maximum absolute atomic E-state index is 11.9. The minimum atomic E-state index is -4.80. The first-order valence-corrected chi connectivity index (χ1v) is 3.98. The Hall–Kier alpha value is -1.74. The molecule has 0 bridgehead atoms. The molecule has 0 unspecified atom stereocenters. The second-order valence-corrected chi connectivity index (χ2v) is 2.57. The molecule has 0 spiro atoms. The number of alkyl halides is 3. The average Bonchev–Trinajstić information content (AvgIpc) is 2.17. The predicted octanol–water partition coefficient (Wildman–Crippen LogP) is 2.47. The van der Waals surface area contributed by atoms with Crippen LogP contribution in [0.3, 0.4) is 0 Å². The van der Waals surface area contributed by atoms with Crippen LogP contribution in [0, 0.1) is 11.3 Å². The van der Waals surface area contributed by atoms with Gasteiger partial charge in [-0.25, -0.2) is 5.06 Å². The standard InChI is InChI=1S/C9H7F3N2O/c10-9(11,12)15-14(7-6-13)8-4-2-1-3-5-8/h1-5H,7H2. The van der Waals surface area contributed by atoms with Crippen molar-refractivity contribution >= 4 is 5.69 Å². The molecule has 1 aromatic rings. The summed E-state index contributed by atoms with van der Waals surface area (Å²) in [5, 5.41) is 8.84. The molecule has 0 radical (unpaired) electrons. The molecule has 3 nitrogen and oxygen atoms in total. The molecular formula is C9H7F3N2O. The largest absolute Gasteiger partial charge is 0.544 e. The first kappa shape index (κ1) is 11.3. The number of para-hydroxylation sites is 1. The van der Waals surface area contributed by atoms with Crippen LogP contribution in [0.15, 0.2) is 30.3 Å². The van der Waals surface area contributed by atoms with Gasteiger partial charge in [-0.15, -0.1) is 13.2 Å². The molecule has 0 aliphatic carbocycles. The molecule has 0 atom stereocenters. The van der Waals surface area contributed by atoms with E-state index in [9.17, 15) is 13.2 Å². The molecule has 1 aromatic carbocycles. The van der Waals surface area contributed by atoms with Crippen molar-refractivity contribution in [2.24, 2.45) is 0 Å². The molecule has 0 saturated heterocycles. The second-order valence-electron chi connectivity index (χ2n) is 2.57. The Morgan fingerprint density at radius 3 is 2.33 bits per heavy atom. The molecule has 0 saturated carbocycles. The summed E-state index contributed by atoms with van der Waals surface area (Å²) in [6, 6.07) is 9.19. The molecule has 0 aliphatic heterocycles. The maximum atomic E-state index is 11.9. The Morgan fingerprint density at radius 2 is 1.87 bits per heavy atom. The third-order valence-electron chi connectivity index (χ3n) is 1.47. The van der Waals surface area contributed by atoms with Crippen molar-refractivity contribution in [2.75, 3.05) is 11.6 Å². The van der Waals surface area contributed by atoms with Gasteiger partial charge in [0, 0.05) is 0 Å². The van der Waals surface area contributed by atoms with E-state index in [1.807, 2.05) is 0 Å². The van der Waals surface area contributed by atoms with Crippen LogP contribution in [-0.2, 0) is 4.84 Å². The summed E-state index contributed by atoms with van der Waals surface area (Å²) >= 11 is 0. The third-order valence-corrected chi connectivity index (χ3v) is 1.47. The molecule has 0 N–H and O–H groups in total. The fourth-order valence-electron chi connectivity index (χ4n) is 0.960. The van der Waals surface area contributed by atoms with E-state index in [-0.39, 0.29) is 5.69 Å². The Kier molecular flexibility index (Phi) is 3.52. The van der Waals surface area contributed by atoms with Gasteiger partial charge in [0.05, 0.1) is 11.8 Å². The summed E-state index contributed by atoms with van der Waals surface area (Å²) in [5.41, 5.74) is 0.177. The van der Waals surface area contributed by atoms with Gasteiger partial charge in [0.1, 0.15) is 6.54 Å². The first-order valence-electron chi connectivity index (χ1n) is 3.98. The molecule has 80 valence electrons.